The van der Waals surface area contributed by atoms with Crippen molar-refractivity contribution in [3.8, 4) is 28.7 Å². The van der Waals surface area contributed by atoms with Crippen LogP contribution in [-0.4, -0.2) is 24.1 Å². The lowest BCUT2D eigenvalue weighted by Gasteiger charge is -2.19. The van der Waals surface area contributed by atoms with Gasteiger partial charge in [0.15, 0.2) is 11.6 Å². The van der Waals surface area contributed by atoms with Crippen molar-refractivity contribution in [2.75, 3.05) is 0 Å². The number of aromatic nitrogens is 5. The lowest BCUT2D eigenvalue weighted by atomic mass is 10.1. The van der Waals surface area contributed by atoms with Crippen molar-refractivity contribution in [1.29, 1.82) is 0 Å². The van der Waals surface area contributed by atoms with Crippen molar-refractivity contribution in [3.05, 3.63) is 146 Å². The molecule has 0 radical (unpaired) electrons. The van der Waals surface area contributed by atoms with E-state index in [0.717, 1.165) is 28.6 Å². The van der Waals surface area contributed by atoms with Gasteiger partial charge >= 0.3 is 0 Å². The summed E-state index contributed by atoms with van der Waals surface area (Å²) in [5.41, 5.74) is 6.48. The third kappa shape index (κ3) is 3.76. The summed E-state index contributed by atoms with van der Waals surface area (Å²) in [5, 5.41) is 4.81. The van der Waals surface area contributed by atoms with Crippen LogP contribution in [0.25, 0.3) is 72.3 Å². The van der Waals surface area contributed by atoms with E-state index >= 15 is 0 Å². The average Bonchev–Trinajstić information content (AvgIpc) is 3.62. The maximum absolute atomic E-state index is 5.18. The van der Waals surface area contributed by atoms with Gasteiger partial charge in [0, 0.05) is 38.2 Å². The fourth-order valence-electron chi connectivity index (χ4n) is 6.74. The average molecular weight is 566 g/mol. The smallest absolute Gasteiger partial charge is 0.238 e. The van der Waals surface area contributed by atoms with Gasteiger partial charge in [-0.1, -0.05) is 133 Å². The second-order valence-electron chi connectivity index (χ2n) is 11.2. The Morgan fingerprint density at radius 3 is 1.70 bits per heavy atom. The van der Waals surface area contributed by atoms with Crippen LogP contribution in [0.2, 0.25) is 0 Å². The molecule has 0 aliphatic heterocycles. The van der Waals surface area contributed by atoms with Crippen LogP contribution in [0.1, 0.15) is 12.5 Å². The van der Waals surface area contributed by atoms with Gasteiger partial charge in [-0.2, -0.15) is 9.97 Å². The largest absolute Gasteiger partial charge is 0.331 e. The van der Waals surface area contributed by atoms with E-state index in [2.05, 4.69) is 118 Å². The zero-order valence-electron chi connectivity index (χ0n) is 23.9. The Hall–Kier alpha value is -5.81. The Balaban J connectivity index is 1.45. The number of hydrogen-bond donors (Lipinski definition) is 0. The lowest BCUT2D eigenvalue weighted by Crippen LogP contribution is -2.09. The number of allylic oxidation sites excluding steroid dienone is 4. The van der Waals surface area contributed by atoms with E-state index in [1.807, 2.05) is 36.4 Å². The van der Waals surface area contributed by atoms with E-state index in [1.165, 1.54) is 32.6 Å². The van der Waals surface area contributed by atoms with Gasteiger partial charge in [-0.05, 0) is 18.6 Å². The molecular weight excluding hydrogens is 538 g/mol. The number of para-hydroxylation sites is 2. The number of fused-ring (bicyclic) bond motifs is 7. The van der Waals surface area contributed by atoms with Crippen LogP contribution in [0.3, 0.4) is 0 Å². The van der Waals surface area contributed by atoms with Gasteiger partial charge in [0.05, 0.1) is 22.6 Å². The maximum Gasteiger partial charge on any atom is 0.238 e. The molecule has 8 aromatic rings. The highest BCUT2D eigenvalue weighted by Crippen LogP contribution is 2.42. The first-order valence-corrected chi connectivity index (χ1v) is 15.0. The number of nitrogens with zero attached hydrogens (tertiary/aromatic N) is 5. The van der Waals surface area contributed by atoms with E-state index in [-0.39, 0.29) is 6.04 Å². The Morgan fingerprint density at radius 1 is 0.500 bits per heavy atom. The van der Waals surface area contributed by atoms with Gasteiger partial charge in [0.2, 0.25) is 5.95 Å². The van der Waals surface area contributed by atoms with Gasteiger partial charge in [-0.3, -0.25) is 4.57 Å². The van der Waals surface area contributed by atoms with E-state index in [4.69, 9.17) is 15.0 Å². The fraction of sp³-hybridized carbons (Fsp3) is 0.0513. The molecule has 0 spiro atoms. The third-order valence-corrected chi connectivity index (χ3v) is 8.68. The molecule has 208 valence electrons. The molecule has 0 saturated heterocycles. The third-order valence-electron chi connectivity index (χ3n) is 8.68. The molecule has 3 aromatic heterocycles. The molecule has 0 amide bonds. The van der Waals surface area contributed by atoms with Crippen molar-refractivity contribution in [2.45, 2.75) is 12.5 Å². The predicted octanol–water partition coefficient (Wildman–Crippen LogP) is 9.47. The summed E-state index contributed by atoms with van der Waals surface area (Å²) < 4.78 is 4.77. The molecule has 1 unspecified atom stereocenters. The second-order valence-corrected chi connectivity index (χ2v) is 11.2. The molecule has 3 heterocycles. The maximum atomic E-state index is 5.18. The van der Waals surface area contributed by atoms with Crippen LogP contribution in [-0.2, 0) is 0 Å². The molecule has 1 aliphatic rings. The molecule has 0 bridgehead atoms. The normalized spacial score (nSPS) is 14.8. The quantitative estimate of drug-likeness (QED) is 0.214. The second kappa shape index (κ2) is 9.89. The summed E-state index contributed by atoms with van der Waals surface area (Å²) in [7, 11) is 0. The van der Waals surface area contributed by atoms with Crippen molar-refractivity contribution in [2.24, 2.45) is 0 Å². The molecule has 5 aromatic carbocycles. The highest BCUT2D eigenvalue weighted by molar-refractivity contribution is 6.23. The molecule has 0 N–H and O–H groups in total. The topological polar surface area (TPSA) is 48.5 Å². The summed E-state index contributed by atoms with van der Waals surface area (Å²) in [5.74, 6) is 1.90. The summed E-state index contributed by atoms with van der Waals surface area (Å²) in [6.07, 6.45) is 9.79. The van der Waals surface area contributed by atoms with Crippen LogP contribution in [0.5, 0.6) is 0 Å². The molecule has 9 rings (SSSR count). The van der Waals surface area contributed by atoms with Crippen molar-refractivity contribution >= 4 is 43.6 Å². The predicted molar refractivity (Wildman–Crippen MR) is 180 cm³/mol. The highest BCUT2D eigenvalue weighted by atomic mass is 15.2. The van der Waals surface area contributed by atoms with Gasteiger partial charge in [-0.25, -0.2) is 4.98 Å². The van der Waals surface area contributed by atoms with E-state index in [9.17, 15) is 0 Å². The van der Waals surface area contributed by atoms with Crippen LogP contribution >= 0.6 is 0 Å². The Morgan fingerprint density at radius 2 is 1.07 bits per heavy atom. The lowest BCUT2D eigenvalue weighted by molar-refractivity contribution is 0.648. The molecule has 5 nitrogen and oxygen atoms in total. The highest BCUT2D eigenvalue weighted by Gasteiger charge is 2.24. The van der Waals surface area contributed by atoms with Crippen LogP contribution in [0, 0.1) is 0 Å². The van der Waals surface area contributed by atoms with Crippen molar-refractivity contribution in [1.82, 2.24) is 24.1 Å². The zero-order chi connectivity index (χ0) is 29.0. The summed E-state index contributed by atoms with van der Waals surface area (Å²) in [6, 6.07) is 42.4. The van der Waals surface area contributed by atoms with Crippen LogP contribution < -0.4 is 0 Å². The molecule has 1 atom stereocenters. The zero-order valence-corrected chi connectivity index (χ0v) is 23.9. The standard InChI is InChI=1S/C39H27N5/c1-4-14-26(15-5-1)37-40-38(27-16-6-2-7-17-27)42-39(41-37)44-34-23-13-11-21-30(34)32-25-24-31-29-20-10-12-22-33(29)43(35(31)36(32)44)28-18-8-3-9-19-28/h1-18,20-25,28H,19H2. The fourth-order valence-corrected chi connectivity index (χ4v) is 6.74. The minimum atomic E-state index is 0.192. The van der Waals surface area contributed by atoms with E-state index in [1.54, 1.807) is 0 Å². The first kappa shape index (κ1) is 24.8. The minimum Gasteiger partial charge on any atom is -0.331 e. The van der Waals surface area contributed by atoms with Crippen LogP contribution in [0.4, 0.5) is 0 Å². The summed E-state index contributed by atoms with van der Waals surface area (Å²) in [6.45, 7) is 0. The molecule has 1 aliphatic carbocycles. The van der Waals surface area contributed by atoms with Gasteiger partial charge in [-0.15, -0.1) is 0 Å². The van der Waals surface area contributed by atoms with Crippen molar-refractivity contribution < 1.29 is 0 Å². The first-order valence-electron chi connectivity index (χ1n) is 15.0. The van der Waals surface area contributed by atoms with Crippen LogP contribution in [0.15, 0.2) is 146 Å². The van der Waals surface area contributed by atoms with Gasteiger partial charge in [0.25, 0.3) is 0 Å². The number of benzene rings is 5. The number of hydrogen-bond acceptors (Lipinski definition) is 3. The van der Waals surface area contributed by atoms with Crippen molar-refractivity contribution in [3.63, 3.8) is 0 Å². The molecule has 5 heteroatoms. The first-order chi connectivity index (χ1) is 21.8. The van der Waals surface area contributed by atoms with Gasteiger partial charge in [0.1, 0.15) is 0 Å². The molecule has 44 heavy (non-hydrogen) atoms. The van der Waals surface area contributed by atoms with E-state index < -0.39 is 0 Å². The Kier molecular flexibility index (Phi) is 5.56. The summed E-state index contributed by atoms with van der Waals surface area (Å²) in [4.78, 5) is 15.3. The minimum absolute atomic E-state index is 0.192. The molecular formula is C39H27N5. The monoisotopic (exact) mass is 565 g/mol. The Labute approximate surface area is 254 Å². The van der Waals surface area contributed by atoms with Gasteiger partial charge < -0.3 is 4.57 Å². The van der Waals surface area contributed by atoms with E-state index in [0.29, 0.717) is 17.6 Å². The molecule has 0 fully saturated rings. The SMILES string of the molecule is C1=CCC(n2c3ccccc3c3ccc4c5ccccc5n(-c5nc(-c6ccccc6)nc(-c6ccccc6)n5)c4c32)C=C1. The molecule has 0 saturated carbocycles. The Bertz CT molecular complexity index is 2360. The summed E-state index contributed by atoms with van der Waals surface area (Å²) >= 11 is 0. The number of rotatable bonds is 4.